The number of carbonyl (C=O) groups is 1. The fourth-order valence-corrected chi connectivity index (χ4v) is 2.59. The van der Waals surface area contributed by atoms with Gasteiger partial charge in [-0.3, -0.25) is 0 Å². The van der Waals surface area contributed by atoms with Crippen LogP contribution in [0, 0.1) is 6.92 Å². The van der Waals surface area contributed by atoms with Gasteiger partial charge in [0, 0.05) is 23.5 Å². The molecule has 1 aromatic carbocycles. The molecule has 5 heteroatoms. The van der Waals surface area contributed by atoms with Gasteiger partial charge in [-0.05, 0) is 32.4 Å². The monoisotopic (exact) mass is 283 g/mol. The van der Waals surface area contributed by atoms with Gasteiger partial charge in [-0.25, -0.2) is 4.79 Å². The Hall–Kier alpha value is -1.07. The fourth-order valence-electron chi connectivity index (χ4n) is 1.79. The summed E-state index contributed by atoms with van der Waals surface area (Å²) in [5.74, 6) is -0.942. The molecule has 0 aliphatic heterocycles. The highest BCUT2D eigenvalue weighted by atomic mass is 32.1. The predicted octanol–water partition coefficient (Wildman–Crippen LogP) is 3.00. The number of benzene rings is 1. The topological polar surface area (TPSA) is 40.5 Å². The standard InChI is InChI=1S/C13H17NO2S2/c1-4-14(5-2)12(18)10-7-6-9(13(15)16)8(3)11(10)17/h6-7,17H,4-5H2,1-3H3,(H,15,16). The number of rotatable bonds is 4. The lowest BCUT2D eigenvalue weighted by molar-refractivity contribution is 0.0696. The van der Waals surface area contributed by atoms with Crippen LogP contribution in [0.3, 0.4) is 0 Å². The maximum Gasteiger partial charge on any atom is 0.335 e. The average molecular weight is 283 g/mol. The summed E-state index contributed by atoms with van der Waals surface area (Å²) in [6.45, 7) is 7.46. The van der Waals surface area contributed by atoms with E-state index in [4.69, 9.17) is 17.3 Å². The number of nitrogens with zero attached hydrogens (tertiary/aromatic N) is 1. The molecule has 0 saturated carbocycles. The number of aromatic carboxylic acids is 1. The van der Waals surface area contributed by atoms with Crippen molar-refractivity contribution in [3.63, 3.8) is 0 Å². The first-order valence-corrected chi connectivity index (χ1v) is 6.64. The Morgan fingerprint density at radius 2 is 1.83 bits per heavy atom. The highest BCUT2D eigenvalue weighted by molar-refractivity contribution is 7.81. The quantitative estimate of drug-likeness (QED) is 0.658. The van der Waals surface area contributed by atoms with E-state index in [1.54, 1.807) is 19.1 Å². The number of thiol groups is 1. The minimum atomic E-state index is -0.942. The molecule has 0 bridgehead atoms. The maximum absolute atomic E-state index is 11.0. The maximum atomic E-state index is 11.0. The van der Waals surface area contributed by atoms with Gasteiger partial charge in [0.2, 0.25) is 0 Å². The van der Waals surface area contributed by atoms with Crippen molar-refractivity contribution in [1.82, 2.24) is 4.90 Å². The zero-order valence-electron chi connectivity index (χ0n) is 10.7. The van der Waals surface area contributed by atoms with Crippen LogP contribution in [0.4, 0.5) is 0 Å². The van der Waals surface area contributed by atoms with Gasteiger partial charge in [0.05, 0.1) is 5.56 Å². The third-order valence-corrected chi connectivity index (χ3v) is 4.00. The van der Waals surface area contributed by atoms with Crippen LogP contribution in [-0.4, -0.2) is 34.1 Å². The number of carboxylic acids is 1. The van der Waals surface area contributed by atoms with Gasteiger partial charge in [-0.2, -0.15) is 0 Å². The summed E-state index contributed by atoms with van der Waals surface area (Å²) in [6, 6.07) is 3.32. The van der Waals surface area contributed by atoms with Crippen LogP contribution in [0.25, 0.3) is 0 Å². The first-order valence-electron chi connectivity index (χ1n) is 5.79. The lowest BCUT2D eigenvalue weighted by Gasteiger charge is -2.23. The molecule has 0 atom stereocenters. The largest absolute Gasteiger partial charge is 0.478 e. The van der Waals surface area contributed by atoms with Gasteiger partial charge in [-0.1, -0.05) is 18.3 Å². The molecule has 18 heavy (non-hydrogen) atoms. The van der Waals surface area contributed by atoms with Crippen molar-refractivity contribution in [2.24, 2.45) is 0 Å². The van der Waals surface area contributed by atoms with Crippen molar-refractivity contribution in [1.29, 1.82) is 0 Å². The lowest BCUT2D eigenvalue weighted by atomic mass is 10.0. The molecule has 0 spiro atoms. The summed E-state index contributed by atoms with van der Waals surface area (Å²) in [6.07, 6.45) is 0. The molecule has 1 rings (SSSR count). The number of thiocarbonyl (C=S) groups is 1. The van der Waals surface area contributed by atoms with E-state index in [-0.39, 0.29) is 5.56 Å². The van der Waals surface area contributed by atoms with Crippen LogP contribution in [-0.2, 0) is 0 Å². The van der Waals surface area contributed by atoms with Gasteiger partial charge in [0.25, 0.3) is 0 Å². The second kappa shape index (κ2) is 6.20. The summed E-state index contributed by atoms with van der Waals surface area (Å²) in [5, 5.41) is 9.04. The van der Waals surface area contributed by atoms with Crippen LogP contribution in [0.15, 0.2) is 17.0 Å². The first kappa shape index (κ1) is 15.0. The highest BCUT2D eigenvalue weighted by Gasteiger charge is 2.16. The summed E-state index contributed by atoms with van der Waals surface area (Å²) in [5.41, 5.74) is 1.74. The Morgan fingerprint density at radius 1 is 1.33 bits per heavy atom. The zero-order chi connectivity index (χ0) is 13.9. The predicted molar refractivity (Wildman–Crippen MR) is 80.0 cm³/mol. The zero-order valence-corrected chi connectivity index (χ0v) is 12.4. The van der Waals surface area contributed by atoms with Crippen LogP contribution >= 0.6 is 24.8 Å². The van der Waals surface area contributed by atoms with E-state index in [0.29, 0.717) is 15.4 Å². The summed E-state index contributed by atoms with van der Waals surface area (Å²) in [4.78, 5) is 14.4. The Balaban J connectivity index is 3.24. The Bertz CT molecular complexity index is 482. The molecule has 0 fully saturated rings. The van der Waals surface area contributed by atoms with Crippen LogP contribution in [0.2, 0.25) is 0 Å². The molecule has 1 N–H and O–H groups in total. The van der Waals surface area contributed by atoms with Crippen LogP contribution in [0.5, 0.6) is 0 Å². The molecule has 0 unspecified atom stereocenters. The first-order chi connectivity index (χ1) is 8.43. The van der Waals surface area contributed by atoms with Gasteiger partial charge in [0.1, 0.15) is 4.99 Å². The van der Waals surface area contributed by atoms with Crippen molar-refractivity contribution in [3.8, 4) is 0 Å². The van der Waals surface area contributed by atoms with Crippen molar-refractivity contribution in [3.05, 3.63) is 28.8 Å². The molecule has 0 aromatic heterocycles. The Morgan fingerprint density at radius 3 is 2.28 bits per heavy atom. The van der Waals surface area contributed by atoms with Gasteiger partial charge < -0.3 is 10.0 Å². The average Bonchev–Trinajstić information content (AvgIpc) is 2.33. The van der Waals surface area contributed by atoms with Gasteiger partial charge >= 0.3 is 5.97 Å². The van der Waals surface area contributed by atoms with E-state index < -0.39 is 5.97 Å². The molecule has 0 heterocycles. The number of carboxylic acid groups (broad SMARTS) is 1. The van der Waals surface area contributed by atoms with E-state index in [9.17, 15) is 4.79 Å². The van der Waals surface area contributed by atoms with Gasteiger partial charge in [-0.15, -0.1) is 12.6 Å². The van der Waals surface area contributed by atoms with E-state index in [0.717, 1.165) is 18.7 Å². The smallest absolute Gasteiger partial charge is 0.335 e. The summed E-state index contributed by atoms with van der Waals surface area (Å²) in [7, 11) is 0. The molecule has 3 nitrogen and oxygen atoms in total. The molecule has 0 amide bonds. The second-order valence-corrected chi connectivity index (χ2v) is 4.75. The third-order valence-electron chi connectivity index (χ3n) is 2.94. The van der Waals surface area contributed by atoms with E-state index in [1.165, 1.54) is 0 Å². The minimum Gasteiger partial charge on any atom is -0.478 e. The fraction of sp³-hybridized carbons (Fsp3) is 0.385. The third kappa shape index (κ3) is 2.84. The molecule has 0 radical (unpaired) electrons. The van der Waals surface area contributed by atoms with Crippen molar-refractivity contribution in [2.75, 3.05) is 13.1 Å². The second-order valence-electron chi connectivity index (χ2n) is 3.92. The van der Waals surface area contributed by atoms with Crippen molar-refractivity contribution >= 4 is 35.8 Å². The summed E-state index contributed by atoms with van der Waals surface area (Å²) < 4.78 is 0. The van der Waals surface area contributed by atoms with E-state index in [1.807, 2.05) is 18.7 Å². The SMILES string of the molecule is CCN(CC)C(=S)c1ccc(C(=O)O)c(C)c1S. The molecule has 0 aliphatic carbocycles. The lowest BCUT2D eigenvalue weighted by Crippen LogP contribution is -2.30. The van der Waals surface area contributed by atoms with Gasteiger partial charge in [0.15, 0.2) is 0 Å². The molecule has 1 aromatic rings. The van der Waals surface area contributed by atoms with Crippen LogP contribution in [0.1, 0.15) is 35.3 Å². The van der Waals surface area contributed by atoms with Crippen molar-refractivity contribution < 1.29 is 9.90 Å². The van der Waals surface area contributed by atoms with Crippen LogP contribution < -0.4 is 0 Å². The Labute approximate surface area is 118 Å². The molecule has 0 aliphatic rings. The molecule has 0 saturated heterocycles. The minimum absolute atomic E-state index is 0.270. The molecular weight excluding hydrogens is 266 g/mol. The molecular formula is C13H17NO2S2. The number of hydrogen-bond donors (Lipinski definition) is 2. The number of hydrogen-bond acceptors (Lipinski definition) is 3. The van der Waals surface area contributed by atoms with Crippen molar-refractivity contribution in [2.45, 2.75) is 25.7 Å². The summed E-state index contributed by atoms with van der Waals surface area (Å²) >= 11 is 9.84. The Kier molecular flexibility index (Phi) is 5.16. The van der Waals surface area contributed by atoms with E-state index in [2.05, 4.69) is 12.6 Å². The normalized spacial score (nSPS) is 10.2. The molecule has 98 valence electrons. The highest BCUT2D eigenvalue weighted by Crippen LogP contribution is 2.24. The van der Waals surface area contributed by atoms with E-state index >= 15 is 0 Å².